The van der Waals surface area contributed by atoms with Crippen molar-refractivity contribution in [1.29, 1.82) is 0 Å². The smallest absolute Gasteiger partial charge is 0.265 e. The van der Waals surface area contributed by atoms with Gasteiger partial charge in [-0.15, -0.1) is 11.3 Å². The van der Waals surface area contributed by atoms with Gasteiger partial charge >= 0.3 is 0 Å². The van der Waals surface area contributed by atoms with Gasteiger partial charge in [0.1, 0.15) is 15.7 Å². The van der Waals surface area contributed by atoms with Gasteiger partial charge < -0.3 is 4.90 Å². The van der Waals surface area contributed by atoms with Gasteiger partial charge in [0, 0.05) is 18.7 Å². The van der Waals surface area contributed by atoms with Gasteiger partial charge in [0.2, 0.25) is 0 Å². The number of aromatic nitrogens is 1. The second kappa shape index (κ2) is 5.32. The molecule has 5 heteroatoms. The highest BCUT2D eigenvalue weighted by atomic mass is 32.1. The van der Waals surface area contributed by atoms with Crippen LogP contribution in [0, 0.1) is 12.7 Å². The predicted octanol–water partition coefficient (Wildman–Crippen LogP) is 3.49. The molecule has 0 spiro atoms. The van der Waals surface area contributed by atoms with Crippen LogP contribution >= 0.6 is 11.3 Å². The molecule has 3 nitrogen and oxygen atoms in total. The van der Waals surface area contributed by atoms with Gasteiger partial charge in [-0.25, -0.2) is 9.37 Å². The highest BCUT2D eigenvalue weighted by Gasteiger charge is 2.24. The van der Waals surface area contributed by atoms with E-state index in [4.69, 9.17) is 0 Å². The van der Waals surface area contributed by atoms with Crippen LogP contribution in [0.3, 0.4) is 0 Å². The molecule has 0 unspecified atom stereocenters. The molecule has 1 fully saturated rings. The van der Waals surface area contributed by atoms with E-state index in [0.29, 0.717) is 4.88 Å². The lowest BCUT2D eigenvalue weighted by Crippen LogP contribution is -2.27. The molecule has 0 N–H and O–H groups in total. The number of hydrogen-bond acceptors (Lipinski definition) is 3. The van der Waals surface area contributed by atoms with Gasteiger partial charge in [-0.2, -0.15) is 0 Å². The fourth-order valence-corrected chi connectivity index (χ4v) is 3.41. The number of amides is 1. The number of benzene rings is 1. The zero-order valence-corrected chi connectivity index (χ0v) is 12.0. The van der Waals surface area contributed by atoms with E-state index in [9.17, 15) is 9.18 Å². The minimum absolute atomic E-state index is 0.0749. The van der Waals surface area contributed by atoms with Gasteiger partial charge in [-0.3, -0.25) is 4.79 Å². The van der Waals surface area contributed by atoms with Crippen molar-refractivity contribution >= 4 is 17.2 Å². The second-order valence-corrected chi connectivity index (χ2v) is 5.94. The topological polar surface area (TPSA) is 33.2 Å². The molecule has 1 aliphatic heterocycles. The van der Waals surface area contributed by atoms with Gasteiger partial charge in [-0.05, 0) is 44.0 Å². The van der Waals surface area contributed by atoms with Gasteiger partial charge in [0.05, 0.1) is 5.69 Å². The van der Waals surface area contributed by atoms with Crippen molar-refractivity contribution in [2.24, 2.45) is 0 Å². The Labute approximate surface area is 121 Å². The third-order valence-corrected chi connectivity index (χ3v) is 4.67. The quantitative estimate of drug-likeness (QED) is 0.848. The Morgan fingerprint density at radius 3 is 2.55 bits per heavy atom. The maximum absolute atomic E-state index is 12.9. The number of halogens is 1. The van der Waals surface area contributed by atoms with Crippen LogP contribution in [-0.4, -0.2) is 28.9 Å². The fraction of sp³-hybridized carbons (Fsp3) is 0.333. The maximum atomic E-state index is 12.9. The lowest BCUT2D eigenvalue weighted by Gasteiger charge is -2.13. The van der Waals surface area contributed by atoms with Crippen molar-refractivity contribution in [3.8, 4) is 10.6 Å². The number of likely N-dealkylation sites (tertiary alicyclic amines) is 1. The molecule has 0 atom stereocenters. The number of nitrogens with zero attached hydrogens (tertiary/aromatic N) is 2. The Hall–Kier alpha value is -1.75. The molecule has 1 aromatic heterocycles. The monoisotopic (exact) mass is 290 g/mol. The van der Waals surface area contributed by atoms with Crippen molar-refractivity contribution in [2.45, 2.75) is 19.8 Å². The second-order valence-electron chi connectivity index (χ2n) is 4.94. The molecule has 3 rings (SSSR count). The first-order chi connectivity index (χ1) is 9.65. The van der Waals surface area contributed by atoms with Crippen molar-refractivity contribution < 1.29 is 9.18 Å². The molecule has 0 bridgehead atoms. The summed E-state index contributed by atoms with van der Waals surface area (Å²) >= 11 is 1.39. The minimum Gasteiger partial charge on any atom is -0.338 e. The summed E-state index contributed by atoms with van der Waals surface area (Å²) in [6.45, 7) is 3.52. The van der Waals surface area contributed by atoms with Gasteiger partial charge in [-0.1, -0.05) is 0 Å². The zero-order chi connectivity index (χ0) is 14.1. The van der Waals surface area contributed by atoms with Crippen LogP contribution in [0.15, 0.2) is 24.3 Å². The summed E-state index contributed by atoms with van der Waals surface area (Å²) in [5.74, 6) is -0.193. The Morgan fingerprint density at radius 1 is 1.25 bits per heavy atom. The maximum Gasteiger partial charge on any atom is 0.265 e. The Balaban J connectivity index is 1.90. The van der Waals surface area contributed by atoms with Crippen LogP contribution < -0.4 is 0 Å². The SMILES string of the molecule is Cc1nc(-c2ccc(F)cc2)sc1C(=O)N1CCCC1. The van der Waals surface area contributed by atoms with Crippen molar-refractivity contribution in [2.75, 3.05) is 13.1 Å². The highest BCUT2D eigenvalue weighted by molar-refractivity contribution is 7.17. The highest BCUT2D eigenvalue weighted by Crippen LogP contribution is 2.29. The number of carbonyl (C=O) groups is 1. The molecule has 0 saturated carbocycles. The van der Waals surface area contributed by atoms with E-state index in [1.807, 2.05) is 11.8 Å². The number of carbonyl (C=O) groups excluding carboxylic acids is 1. The fourth-order valence-electron chi connectivity index (χ4n) is 2.37. The lowest BCUT2D eigenvalue weighted by atomic mass is 10.2. The standard InChI is InChI=1S/C15H15FN2OS/c1-10-13(15(19)18-8-2-3-9-18)20-14(17-10)11-4-6-12(16)7-5-11/h4-7H,2-3,8-9H2,1H3. The van der Waals surface area contributed by atoms with E-state index in [2.05, 4.69) is 4.98 Å². The largest absolute Gasteiger partial charge is 0.338 e. The van der Waals surface area contributed by atoms with Crippen molar-refractivity contribution in [1.82, 2.24) is 9.88 Å². The molecule has 1 aliphatic rings. The summed E-state index contributed by atoms with van der Waals surface area (Å²) < 4.78 is 12.9. The number of aryl methyl sites for hydroxylation is 1. The van der Waals surface area contributed by atoms with Crippen LogP contribution in [0.5, 0.6) is 0 Å². The Morgan fingerprint density at radius 2 is 1.90 bits per heavy atom. The van der Waals surface area contributed by atoms with E-state index in [-0.39, 0.29) is 11.7 Å². The molecule has 2 aromatic rings. The molecule has 2 heterocycles. The van der Waals surface area contributed by atoms with E-state index in [0.717, 1.165) is 42.2 Å². The first kappa shape index (κ1) is 13.2. The molecule has 104 valence electrons. The molecule has 1 saturated heterocycles. The minimum atomic E-state index is -0.268. The lowest BCUT2D eigenvalue weighted by molar-refractivity contribution is 0.0796. The van der Waals surface area contributed by atoms with E-state index in [1.165, 1.54) is 23.5 Å². The molecule has 20 heavy (non-hydrogen) atoms. The average Bonchev–Trinajstić information content (AvgIpc) is 3.08. The van der Waals surface area contributed by atoms with Crippen molar-refractivity contribution in [3.63, 3.8) is 0 Å². The van der Waals surface area contributed by atoms with Crippen molar-refractivity contribution in [3.05, 3.63) is 40.7 Å². The molecule has 1 aromatic carbocycles. The molecular formula is C15H15FN2OS. The summed E-state index contributed by atoms with van der Waals surface area (Å²) in [4.78, 5) is 19.4. The van der Waals surface area contributed by atoms with Crippen LogP contribution in [0.1, 0.15) is 28.2 Å². The summed E-state index contributed by atoms with van der Waals surface area (Å²) in [7, 11) is 0. The van der Waals surface area contributed by atoms with E-state index >= 15 is 0 Å². The first-order valence-corrected chi connectivity index (χ1v) is 7.49. The average molecular weight is 290 g/mol. The number of thiazole rings is 1. The van der Waals surface area contributed by atoms with Crippen LogP contribution in [0.25, 0.3) is 10.6 Å². The third-order valence-electron chi connectivity index (χ3n) is 3.48. The predicted molar refractivity (Wildman–Crippen MR) is 77.4 cm³/mol. The van der Waals surface area contributed by atoms with Gasteiger partial charge in [0.25, 0.3) is 5.91 Å². The number of hydrogen-bond donors (Lipinski definition) is 0. The Kier molecular flexibility index (Phi) is 3.53. The van der Waals surface area contributed by atoms with Crippen LogP contribution in [0.4, 0.5) is 4.39 Å². The van der Waals surface area contributed by atoms with Crippen LogP contribution in [-0.2, 0) is 0 Å². The third kappa shape index (κ3) is 2.45. The molecule has 1 amide bonds. The Bertz CT molecular complexity index is 630. The zero-order valence-electron chi connectivity index (χ0n) is 11.2. The summed E-state index contributed by atoms with van der Waals surface area (Å²) in [5, 5.41) is 0.769. The number of rotatable bonds is 2. The molecular weight excluding hydrogens is 275 g/mol. The van der Waals surface area contributed by atoms with Crippen LogP contribution in [0.2, 0.25) is 0 Å². The van der Waals surface area contributed by atoms with E-state index < -0.39 is 0 Å². The first-order valence-electron chi connectivity index (χ1n) is 6.68. The molecule has 0 aliphatic carbocycles. The summed E-state index contributed by atoms with van der Waals surface area (Å²) in [5.41, 5.74) is 1.60. The van der Waals surface area contributed by atoms with Gasteiger partial charge in [0.15, 0.2) is 0 Å². The van der Waals surface area contributed by atoms with E-state index in [1.54, 1.807) is 12.1 Å². The molecule has 0 radical (unpaired) electrons. The normalized spacial score (nSPS) is 14.8. The summed E-state index contributed by atoms with van der Waals surface area (Å²) in [6.07, 6.45) is 2.16. The summed E-state index contributed by atoms with van der Waals surface area (Å²) in [6, 6.07) is 6.21.